The summed E-state index contributed by atoms with van der Waals surface area (Å²) in [4.78, 5) is 1.65. The molecule has 0 aliphatic heterocycles. The standard InChI is InChI=1S/C18H31NO/c1-7-19(8-2)12-9-13-20-17-11-10-15(3)14-16(17)18(4,5)6/h10-11,14H,7-9,12-13H2,1-6H3/p+1. The summed E-state index contributed by atoms with van der Waals surface area (Å²) in [5, 5.41) is 0. The highest BCUT2D eigenvalue weighted by molar-refractivity contribution is 5.41. The highest BCUT2D eigenvalue weighted by atomic mass is 16.5. The van der Waals surface area contributed by atoms with Crippen molar-refractivity contribution in [3.05, 3.63) is 29.3 Å². The molecule has 1 N–H and O–H groups in total. The average molecular weight is 278 g/mol. The molecule has 2 heteroatoms. The lowest BCUT2D eigenvalue weighted by Crippen LogP contribution is -3.11. The third-order valence-corrected chi connectivity index (χ3v) is 3.88. The predicted octanol–water partition coefficient (Wildman–Crippen LogP) is 2.99. The van der Waals surface area contributed by atoms with Crippen LogP contribution >= 0.6 is 0 Å². The van der Waals surface area contributed by atoms with Crippen LogP contribution in [0.3, 0.4) is 0 Å². The highest BCUT2D eigenvalue weighted by Crippen LogP contribution is 2.32. The molecule has 1 aromatic carbocycles. The second kappa shape index (κ2) is 7.68. The molecule has 1 aromatic rings. The minimum absolute atomic E-state index is 0.130. The van der Waals surface area contributed by atoms with Crippen molar-refractivity contribution in [2.45, 2.75) is 53.4 Å². The van der Waals surface area contributed by atoms with Gasteiger partial charge in [-0.25, -0.2) is 0 Å². The molecule has 0 aliphatic carbocycles. The molecular formula is C18H32NO+. The molecule has 1 rings (SSSR count). The summed E-state index contributed by atoms with van der Waals surface area (Å²) >= 11 is 0. The van der Waals surface area contributed by atoms with Crippen molar-refractivity contribution in [2.24, 2.45) is 0 Å². The zero-order valence-electron chi connectivity index (χ0n) is 14.2. The molecule has 0 fully saturated rings. The first-order valence-corrected chi connectivity index (χ1v) is 7.96. The Hall–Kier alpha value is -1.02. The number of aryl methyl sites for hydroxylation is 1. The van der Waals surface area contributed by atoms with Crippen LogP contribution in [0.25, 0.3) is 0 Å². The summed E-state index contributed by atoms with van der Waals surface area (Å²) in [6.45, 7) is 17.8. The quantitative estimate of drug-likeness (QED) is 0.757. The summed E-state index contributed by atoms with van der Waals surface area (Å²) < 4.78 is 6.04. The first-order chi connectivity index (χ1) is 9.38. The van der Waals surface area contributed by atoms with Crippen LogP contribution in [0.2, 0.25) is 0 Å². The van der Waals surface area contributed by atoms with Gasteiger partial charge in [-0.3, -0.25) is 0 Å². The van der Waals surface area contributed by atoms with Gasteiger partial charge in [0.15, 0.2) is 0 Å². The number of hydrogen-bond donors (Lipinski definition) is 1. The zero-order chi connectivity index (χ0) is 15.2. The fourth-order valence-electron chi connectivity index (χ4n) is 2.46. The van der Waals surface area contributed by atoms with Gasteiger partial charge in [-0.15, -0.1) is 0 Å². The van der Waals surface area contributed by atoms with Crippen LogP contribution in [0.4, 0.5) is 0 Å². The van der Waals surface area contributed by atoms with E-state index in [1.54, 1.807) is 4.90 Å². The highest BCUT2D eigenvalue weighted by Gasteiger charge is 2.19. The van der Waals surface area contributed by atoms with Gasteiger partial charge < -0.3 is 9.64 Å². The minimum Gasteiger partial charge on any atom is -0.493 e. The van der Waals surface area contributed by atoms with Crippen molar-refractivity contribution in [1.82, 2.24) is 0 Å². The Labute approximate surface area is 125 Å². The number of hydrogen-bond acceptors (Lipinski definition) is 1. The van der Waals surface area contributed by atoms with Gasteiger partial charge in [-0.05, 0) is 37.8 Å². The van der Waals surface area contributed by atoms with Gasteiger partial charge in [0.05, 0.1) is 26.2 Å². The van der Waals surface area contributed by atoms with E-state index >= 15 is 0 Å². The second-order valence-electron chi connectivity index (χ2n) is 6.66. The van der Waals surface area contributed by atoms with Crippen LogP contribution in [0.5, 0.6) is 5.75 Å². The van der Waals surface area contributed by atoms with Crippen LogP contribution in [-0.2, 0) is 5.41 Å². The number of nitrogens with one attached hydrogen (secondary N) is 1. The summed E-state index contributed by atoms with van der Waals surface area (Å²) in [5.41, 5.74) is 2.74. The number of quaternary nitrogens is 1. The molecule has 0 saturated carbocycles. The van der Waals surface area contributed by atoms with Crippen LogP contribution in [-0.4, -0.2) is 26.2 Å². The van der Waals surface area contributed by atoms with Gasteiger partial charge in [0.2, 0.25) is 0 Å². The minimum atomic E-state index is 0.130. The van der Waals surface area contributed by atoms with E-state index in [2.05, 4.69) is 59.7 Å². The van der Waals surface area contributed by atoms with Gasteiger partial charge in [0, 0.05) is 6.42 Å². The lowest BCUT2D eigenvalue weighted by molar-refractivity contribution is -0.896. The van der Waals surface area contributed by atoms with E-state index in [9.17, 15) is 0 Å². The molecule has 0 heterocycles. The van der Waals surface area contributed by atoms with Crippen molar-refractivity contribution in [1.29, 1.82) is 0 Å². The van der Waals surface area contributed by atoms with Gasteiger partial charge in [0.25, 0.3) is 0 Å². The van der Waals surface area contributed by atoms with Crippen molar-refractivity contribution in [3.63, 3.8) is 0 Å². The van der Waals surface area contributed by atoms with E-state index in [0.29, 0.717) is 0 Å². The normalized spacial score (nSPS) is 11.9. The Morgan fingerprint density at radius 1 is 1.10 bits per heavy atom. The van der Waals surface area contributed by atoms with Gasteiger partial charge in [0.1, 0.15) is 5.75 Å². The molecule has 0 amide bonds. The molecule has 0 aromatic heterocycles. The fourth-order valence-corrected chi connectivity index (χ4v) is 2.46. The van der Waals surface area contributed by atoms with E-state index in [0.717, 1.165) is 18.8 Å². The maximum Gasteiger partial charge on any atom is 0.123 e. The molecule has 20 heavy (non-hydrogen) atoms. The van der Waals surface area contributed by atoms with Crippen LogP contribution < -0.4 is 9.64 Å². The maximum atomic E-state index is 6.04. The molecule has 114 valence electrons. The van der Waals surface area contributed by atoms with Crippen LogP contribution in [0, 0.1) is 6.92 Å². The Morgan fingerprint density at radius 3 is 2.30 bits per heavy atom. The topological polar surface area (TPSA) is 13.7 Å². The van der Waals surface area contributed by atoms with Crippen molar-refractivity contribution < 1.29 is 9.64 Å². The summed E-state index contributed by atoms with van der Waals surface area (Å²) in [6.07, 6.45) is 1.12. The molecule has 0 spiro atoms. The summed E-state index contributed by atoms with van der Waals surface area (Å²) in [6, 6.07) is 6.52. The van der Waals surface area contributed by atoms with Crippen molar-refractivity contribution >= 4 is 0 Å². The Kier molecular flexibility index (Phi) is 6.54. The van der Waals surface area contributed by atoms with E-state index in [1.807, 2.05) is 0 Å². The van der Waals surface area contributed by atoms with E-state index < -0.39 is 0 Å². The number of benzene rings is 1. The molecule has 0 bridgehead atoms. The smallest absolute Gasteiger partial charge is 0.123 e. The molecule has 0 saturated heterocycles. The Bertz CT molecular complexity index is 402. The largest absolute Gasteiger partial charge is 0.493 e. The predicted molar refractivity (Wildman–Crippen MR) is 86.9 cm³/mol. The van der Waals surface area contributed by atoms with E-state index in [1.165, 1.54) is 30.8 Å². The van der Waals surface area contributed by atoms with Gasteiger partial charge in [-0.2, -0.15) is 0 Å². The lowest BCUT2D eigenvalue weighted by atomic mass is 9.85. The molecular weight excluding hydrogens is 246 g/mol. The second-order valence-corrected chi connectivity index (χ2v) is 6.66. The fraction of sp³-hybridized carbons (Fsp3) is 0.667. The third-order valence-electron chi connectivity index (χ3n) is 3.88. The Morgan fingerprint density at radius 2 is 1.75 bits per heavy atom. The SMILES string of the molecule is CC[NH+](CC)CCCOc1ccc(C)cc1C(C)(C)C. The van der Waals surface area contributed by atoms with Crippen LogP contribution in [0.1, 0.15) is 52.2 Å². The maximum absolute atomic E-state index is 6.04. The van der Waals surface area contributed by atoms with Gasteiger partial charge in [-0.1, -0.05) is 38.5 Å². The first-order valence-electron chi connectivity index (χ1n) is 7.96. The third kappa shape index (κ3) is 5.16. The summed E-state index contributed by atoms with van der Waals surface area (Å²) in [7, 11) is 0. The average Bonchev–Trinajstić information content (AvgIpc) is 2.39. The molecule has 0 radical (unpaired) electrons. The van der Waals surface area contributed by atoms with Gasteiger partial charge >= 0.3 is 0 Å². The molecule has 0 aliphatic rings. The Balaban J connectivity index is 2.60. The van der Waals surface area contributed by atoms with Crippen molar-refractivity contribution in [2.75, 3.05) is 26.2 Å². The molecule has 0 unspecified atom stereocenters. The molecule has 2 nitrogen and oxygen atoms in total. The van der Waals surface area contributed by atoms with Crippen LogP contribution in [0.15, 0.2) is 18.2 Å². The molecule has 0 atom stereocenters. The zero-order valence-corrected chi connectivity index (χ0v) is 14.2. The monoisotopic (exact) mass is 278 g/mol. The number of ether oxygens (including phenoxy) is 1. The van der Waals surface area contributed by atoms with E-state index in [4.69, 9.17) is 4.74 Å². The number of rotatable bonds is 7. The van der Waals surface area contributed by atoms with Crippen molar-refractivity contribution in [3.8, 4) is 5.75 Å². The summed E-state index contributed by atoms with van der Waals surface area (Å²) in [5.74, 6) is 1.05. The lowest BCUT2D eigenvalue weighted by Gasteiger charge is -2.23. The first kappa shape index (κ1) is 17.0. The van der Waals surface area contributed by atoms with E-state index in [-0.39, 0.29) is 5.41 Å².